The number of nitriles is 4. The number of fused-ring (bicyclic) bond motifs is 6. The van der Waals surface area contributed by atoms with Crippen molar-refractivity contribution in [2.45, 2.75) is 0 Å². The zero-order chi connectivity index (χ0) is 66.4. The zero-order valence-electron chi connectivity index (χ0n) is 50.8. The maximum atomic E-state index is 17.1. The van der Waals surface area contributed by atoms with Gasteiger partial charge in [0, 0.05) is 60.6 Å². The van der Waals surface area contributed by atoms with Crippen LogP contribution in [0.5, 0.6) is 0 Å². The second kappa shape index (κ2) is 24.0. The summed E-state index contributed by atoms with van der Waals surface area (Å²) < 4.78 is 21.3. The van der Waals surface area contributed by atoms with Gasteiger partial charge < -0.3 is 9.13 Å². The Labute approximate surface area is 554 Å². The van der Waals surface area contributed by atoms with Gasteiger partial charge in [-0.1, -0.05) is 103 Å². The molecule has 444 valence electrons. The van der Waals surface area contributed by atoms with E-state index in [1.165, 1.54) is 12.1 Å². The molecule has 0 unspecified atom stereocenters. The lowest BCUT2D eigenvalue weighted by Crippen LogP contribution is -2.04. The number of nitrogens with zero attached hydrogens (tertiary/aromatic N) is 13. The average Bonchev–Trinajstić information content (AvgIpc) is 1.64. The van der Waals surface area contributed by atoms with Crippen molar-refractivity contribution < 1.29 is 4.39 Å². The second-order valence-corrected chi connectivity index (χ2v) is 23.0. The fourth-order valence-corrected chi connectivity index (χ4v) is 12.9. The second-order valence-electron chi connectivity index (χ2n) is 23.0. The van der Waals surface area contributed by atoms with Gasteiger partial charge in [0.15, 0.2) is 40.2 Å². The maximum Gasteiger partial charge on any atom is 0.189 e. The lowest BCUT2D eigenvalue weighted by atomic mass is 9.95. The summed E-state index contributed by atoms with van der Waals surface area (Å²) >= 11 is 0. The van der Waals surface area contributed by atoms with Gasteiger partial charge in [-0.2, -0.15) is 21.0 Å². The highest BCUT2D eigenvalue weighted by Gasteiger charge is 2.25. The smallest absolute Gasteiger partial charge is 0.189 e. The number of halogens is 1. The lowest BCUT2D eigenvalue weighted by Gasteiger charge is -2.19. The fraction of sp³-hybridized carbons (Fsp3) is 0. The zero-order valence-corrected chi connectivity index (χ0v) is 50.8. The van der Waals surface area contributed by atoms with Crippen LogP contribution in [0.3, 0.4) is 0 Å². The number of benzene rings is 12. The normalized spacial score (nSPS) is 10.9. The molecular weight excluding hydrogens is 1200 g/mol. The molecule has 0 spiro atoms. The highest BCUT2D eigenvalue weighted by atomic mass is 19.1. The van der Waals surface area contributed by atoms with E-state index in [9.17, 15) is 21.0 Å². The summed E-state index contributed by atoms with van der Waals surface area (Å²) in [6, 6.07) is 82.7. The molecule has 97 heavy (non-hydrogen) atoms. The number of aromatic nitrogens is 5. The molecule has 15 aromatic rings. The van der Waals surface area contributed by atoms with E-state index in [0.29, 0.717) is 113 Å². The van der Waals surface area contributed by atoms with E-state index in [0.717, 1.165) is 77.0 Å². The molecule has 0 fully saturated rings. The summed E-state index contributed by atoms with van der Waals surface area (Å²) in [5, 5.41) is 43.5. The summed E-state index contributed by atoms with van der Waals surface area (Å²) in [6.07, 6.45) is 0. The molecule has 0 radical (unpaired) electrons. The van der Waals surface area contributed by atoms with Crippen molar-refractivity contribution in [2.75, 3.05) is 0 Å². The van der Waals surface area contributed by atoms with Crippen molar-refractivity contribution in [2.24, 2.45) is 0 Å². The van der Waals surface area contributed by atoms with Crippen LogP contribution in [0, 0.1) is 77.4 Å². The van der Waals surface area contributed by atoms with Crippen LogP contribution in [-0.2, 0) is 0 Å². The standard InChI is InChI=1S/C83H40FN13/c1-89-64-32-51(47-87)30-60(34-64)56-16-23-77-72(39-56)71-38-55(59-28-49(45-85)27-50(29-59)46-86)15-22-76(71)96(77)68-20-21-69(83-94-81(53-11-7-5-8-12-53)93-82(95-83)54-13-9-6-10-14-54)70(44-68)75-42-63(84)19-26-80(75)97-78-24-17-57(61-31-52(48-88)33-65(35-61)90-2)40-73(78)74-41-58(18-25-79(74)97)62-36-66(91-3)43-67(37-62)92-4/h5-44H. The third kappa shape index (κ3) is 10.6. The molecule has 0 aliphatic heterocycles. The maximum absolute atomic E-state index is 17.1. The predicted molar refractivity (Wildman–Crippen MR) is 376 cm³/mol. The van der Waals surface area contributed by atoms with Crippen molar-refractivity contribution >= 4 is 66.4 Å². The van der Waals surface area contributed by atoms with E-state index in [2.05, 4.69) is 52.8 Å². The summed E-state index contributed by atoms with van der Waals surface area (Å²) in [7, 11) is 0. The Morgan fingerprint density at radius 3 is 1.10 bits per heavy atom. The van der Waals surface area contributed by atoms with Crippen molar-refractivity contribution in [3.05, 3.63) is 316 Å². The highest BCUT2D eigenvalue weighted by molar-refractivity contribution is 6.14. The van der Waals surface area contributed by atoms with Crippen LogP contribution in [0.4, 0.5) is 27.1 Å². The quantitative estimate of drug-likeness (QED) is 0.123. The van der Waals surface area contributed by atoms with Crippen LogP contribution in [0.15, 0.2) is 243 Å². The highest BCUT2D eigenvalue weighted by Crippen LogP contribution is 2.46. The minimum absolute atomic E-state index is 0.297. The molecule has 12 aromatic carbocycles. The first-order chi connectivity index (χ1) is 47.5. The molecule has 0 amide bonds. The van der Waals surface area contributed by atoms with Gasteiger partial charge in [-0.3, -0.25) is 0 Å². The number of hydrogen-bond donors (Lipinski definition) is 0. The minimum atomic E-state index is -0.534. The van der Waals surface area contributed by atoms with E-state index in [-0.39, 0.29) is 0 Å². The SMILES string of the molecule is [C-]#[N+]c1cc(C#N)cc(-c2ccc3c(c2)c2cc(-c4cc(C#N)cc(C#N)c4)ccc2n3-c2ccc(-c3nc(-c4ccccc4)nc(-c4ccccc4)n3)c(-c3cc(F)ccc3-n3c4ccc(-c5cc(C#N)cc([N+]#[C-])c5)cc4c4cc(-c5cc([N+]#[C-])cc([N+]#[C-])c5)ccc43)c2)c1. The Kier molecular flexibility index (Phi) is 14.5. The molecule has 0 saturated heterocycles. The van der Waals surface area contributed by atoms with Crippen LogP contribution in [0.1, 0.15) is 22.3 Å². The summed E-state index contributed by atoms with van der Waals surface area (Å²) in [5.74, 6) is 0.573. The van der Waals surface area contributed by atoms with Gasteiger partial charge in [-0.15, -0.1) is 0 Å². The molecule has 0 bridgehead atoms. The van der Waals surface area contributed by atoms with Gasteiger partial charge in [0.1, 0.15) is 5.82 Å². The molecule has 15 rings (SSSR count). The first kappa shape index (κ1) is 58.5. The van der Waals surface area contributed by atoms with Crippen LogP contribution in [0.25, 0.3) is 164 Å². The molecule has 0 N–H and O–H groups in total. The van der Waals surface area contributed by atoms with Crippen LogP contribution in [0.2, 0.25) is 0 Å². The van der Waals surface area contributed by atoms with Crippen molar-refractivity contribution in [3.63, 3.8) is 0 Å². The molecule has 3 heterocycles. The Morgan fingerprint density at radius 2 is 0.680 bits per heavy atom. The van der Waals surface area contributed by atoms with Gasteiger partial charge in [0.2, 0.25) is 0 Å². The molecule has 0 aliphatic carbocycles. The third-order valence-electron chi connectivity index (χ3n) is 17.3. The molecule has 3 aromatic heterocycles. The predicted octanol–water partition coefficient (Wildman–Crippen LogP) is 21.2. The van der Waals surface area contributed by atoms with Gasteiger partial charge in [-0.25, -0.2) is 38.7 Å². The molecule has 0 atom stereocenters. The van der Waals surface area contributed by atoms with Crippen LogP contribution in [-0.4, -0.2) is 24.1 Å². The third-order valence-corrected chi connectivity index (χ3v) is 17.3. The van der Waals surface area contributed by atoms with E-state index >= 15 is 4.39 Å². The van der Waals surface area contributed by atoms with Gasteiger partial charge >= 0.3 is 0 Å². The molecule has 0 aliphatic rings. The summed E-state index contributed by atoms with van der Waals surface area (Å²) in [6.45, 7) is 31.6. The minimum Gasteiger partial charge on any atom is -0.309 e. The topological polar surface area (TPSA) is 161 Å². The van der Waals surface area contributed by atoms with E-state index in [1.54, 1.807) is 78.9 Å². The van der Waals surface area contributed by atoms with Crippen LogP contribution >= 0.6 is 0 Å². The Balaban J connectivity index is 1.03. The first-order valence-electron chi connectivity index (χ1n) is 30.2. The van der Waals surface area contributed by atoms with Crippen molar-refractivity contribution in [1.82, 2.24) is 24.1 Å². The van der Waals surface area contributed by atoms with E-state index < -0.39 is 5.82 Å². The largest absolute Gasteiger partial charge is 0.309 e. The molecule has 13 nitrogen and oxygen atoms in total. The molecular formula is C83H40FN13. The van der Waals surface area contributed by atoms with Gasteiger partial charge in [0.05, 0.1) is 89.4 Å². The average molecular weight is 1240 g/mol. The van der Waals surface area contributed by atoms with Crippen LogP contribution < -0.4 is 0 Å². The Morgan fingerprint density at radius 1 is 0.299 bits per heavy atom. The fourth-order valence-electron chi connectivity index (χ4n) is 12.9. The summed E-state index contributed by atoms with van der Waals surface area (Å²) in [4.78, 5) is 30.3. The Hall–Kier alpha value is -14.9. The van der Waals surface area contributed by atoms with E-state index in [4.69, 9.17) is 41.2 Å². The number of rotatable bonds is 10. The van der Waals surface area contributed by atoms with Gasteiger partial charge in [-0.05, 0) is 190 Å². The molecule has 0 saturated carbocycles. The van der Waals surface area contributed by atoms with Gasteiger partial charge in [0.25, 0.3) is 0 Å². The number of hydrogen-bond acceptors (Lipinski definition) is 7. The van der Waals surface area contributed by atoms with E-state index in [1.807, 2.05) is 152 Å². The Bertz CT molecular complexity index is 5810. The first-order valence-corrected chi connectivity index (χ1v) is 30.2. The summed E-state index contributed by atoms with van der Waals surface area (Å²) in [5.41, 5.74) is 15.3. The molecule has 14 heteroatoms. The van der Waals surface area contributed by atoms with Crippen molar-refractivity contribution in [1.29, 1.82) is 21.0 Å². The monoisotopic (exact) mass is 1240 g/mol. The lowest BCUT2D eigenvalue weighted by molar-refractivity contribution is 0.628. The van der Waals surface area contributed by atoms with Crippen molar-refractivity contribution in [3.8, 4) is 125 Å².